The topological polar surface area (TPSA) is 51.6 Å². The average Bonchev–Trinajstić information content (AvgIpc) is 3.01. The van der Waals surface area contributed by atoms with Gasteiger partial charge in [-0.05, 0) is 59.0 Å². The van der Waals surface area contributed by atoms with Crippen LogP contribution in [0.1, 0.15) is 51.8 Å². The molecule has 20 heavy (non-hydrogen) atoms. The molecule has 2 heterocycles. The predicted molar refractivity (Wildman–Crippen MR) is 77.8 cm³/mol. The molecule has 0 atom stereocenters. The smallest absolute Gasteiger partial charge is 0.399 e. The van der Waals surface area contributed by atoms with Crippen molar-refractivity contribution in [3.8, 4) is 0 Å². The van der Waals surface area contributed by atoms with Crippen LogP contribution in [0.4, 0.5) is 0 Å². The Morgan fingerprint density at radius 2 is 1.70 bits per heavy atom. The summed E-state index contributed by atoms with van der Waals surface area (Å²) in [6, 6.07) is 1.97. The van der Waals surface area contributed by atoms with Crippen LogP contribution in [0.5, 0.6) is 0 Å². The molecule has 0 bridgehead atoms. The number of pyridine rings is 1. The maximum absolute atomic E-state index is 10.4. The van der Waals surface area contributed by atoms with E-state index in [1.807, 2.05) is 40.7 Å². The number of aliphatic hydroxyl groups is 1. The van der Waals surface area contributed by atoms with E-state index in [9.17, 15) is 5.11 Å². The Hall–Kier alpha value is -0.905. The number of aryl methyl sites for hydroxylation is 1. The molecule has 1 aliphatic carbocycles. The van der Waals surface area contributed by atoms with Gasteiger partial charge in [0.2, 0.25) is 0 Å². The number of rotatable bonds is 2. The van der Waals surface area contributed by atoms with Gasteiger partial charge in [-0.2, -0.15) is 0 Å². The van der Waals surface area contributed by atoms with Crippen LogP contribution in [0.2, 0.25) is 0 Å². The molecule has 5 heteroatoms. The van der Waals surface area contributed by atoms with E-state index in [0.29, 0.717) is 0 Å². The molecule has 0 aromatic carbocycles. The molecule has 2 aliphatic rings. The molecule has 0 amide bonds. The lowest BCUT2D eigenvalue weighted by Crippen LogP contribution is -2.41. The lowest BCUT2D eigenvalue weighted by molar-refractivity contribution is 0.00578. The Morgan fingerprint density at radius 1 is 1.15 bits per heavy atom. The second-order valence-corrected chi connectivity index (χ2v) is 7.03. The zero-order valence-electron chi connectivity index (χ0n) is 12.9. The minimum atomic E-state index is -0.736. The fourth-order valence-electron chi connectivity index (χ4n) is 2.52. The van der Waals surface area contributed by atoms with Gasteiger partial charge >= 0.3 is 7.12 Å². The lowest BCUT2D eigenvalue weighted by atomic mass is 9.74. The molecule has 0 radical (unpaired) electrons. The van der Waals surface area contributed by atoms with Crippen molar-refractivity contribution in [1.82, 2.24) is 4.98 Å². The summed E-state index contributed by atoms with van der Waals surface area (Å²) in [6.45, 7) is 10.1. The monoisotopic (exact) mass is 275 g/mol. The Kier molecular flexibility index (Phi) is 2.85. The summed E-state index contributed by atoms with van der Waals surface area (Å²) in [5, 5.41) is 10.4. The highest BCUT2D eigenvalue weighted by atomic mass is 16.7. The number of hydrogen-bond acceptors (Lipinski definition) is 4. The van der Waals surface area contributed by atoms with Crippen molar-refractivity contribution in [1.29, 1.82) is 0 Å². The summed E-state index contributed by atoms with van der Waals surface area (Å²) in [4.78, 5) is 4.32. The minimum absolute atomic E-state index is 0.377. The Morgan fingerprint density at radius 3 is 2.20 bits per heavy atom. The van der Waals surface area contributed by atoms with E-state index < -0.39 is 12.7 Å². The van der Waals surface area contributed by atoms with Gasteiger partial charge in [-0.3, -0.25) is 4.98 Å². The molecule has 1 saturated carbocycles. The fraction of sp³-hybridized carbons (Fsp3) is 0.667. The van der Waals surface area contributed by atoms with Crippen molar-refractivity contribution in [3.05, 3.63) is 23.5 Å². The van der Waals surface area contributed by atoms with Crippen LogP contribution in [0, 0.1) is 6.92 Å². The van der Waals surface area contributed by atoms with Crippen LogP contribution in [0.15, 0.2) is 12.3 Å². The number of nitrogens with zero attached hydrogens (tertiary/aromatic N) is 1. The number of hydrogen-bond donors (Lipinski definition) is 1. The van der Waals surface area contributed by atoms with Gasteiger partial charge in [0.25, 0.3) is 0 Å². The molecule has 2 fully saturated rings. The second-order valence-electron chi connectivity index (χ2n) is 7.03. The van der Waals surface area contributed by atoms with Gasteiger partial charge < -0.3 is 14.4 Å². The van der Waals surface area contributed by atoms with Crippen LogP contribution in [-0.2, 0) is 14.9 Å². The molecule has 1 saturated heterocycles. The highest BCUT2D eigenvalue weighted by Gasteiger charge is 2.54. The first-order valence-electron chi connectivity index (χ1n) is 7.20. The summed E-state index contributed by atoms with van der Waals surface area (Å²) >= 11 is 0. The molecular formula is C15H22BNO3. The van der Waals surface area contributed by atoms with Crippen LogP contribution in [-0.4, -0.2) is 28.4 Å². The van der Waals surface area contributed by atoms with Crippen LogP contribution >= 0.6 is 0 Å². The van der Waals surface area contributed by atoms with Gasteiger partial charge in [0.15, 0.2) is 0 Å². The van der Waals surface area contributed by atoms with E-state index in [1.54, 1.807) is 6.20 Å². The Bertz CT molecular complexity index is 536. The summed E-state index contributed by atoms with van der Waals surface area (Å²) in [7, 11) is -0.443. The highest BCUT2D eigenvalue weighted by molar-refractivity contribution is 6.62. The van der Waals surface area contributed by atoms with Gasteiger partial charge in [-0.25, -0.2) is 0 Å². The maximum atomic E-state index is 10.4. The summed E-state index contributed by atoms with van der Waals surface area (Å²) in [5.41, 5.74) is 1.18. The lowest BCUT2D eigenvalue weighted by Gasteiger charge is -2.32. The molecule has 1 aromatic heterocycles. The highest BCUT2D eigenvalue weighted by Crippen LogP contribution is 2.45. The molecule has 108 valence electrons. The van der Waals surface area contributed by atoms with E-state index in [-0.39, 0.29) is 11.2 Å². The third-order valence-electron chi connectivity index (χ3n) is 4.80. The molecule has 3 rings (SSSR count). The van der Waals surface area contributed by atoms with Crippen molar-refractivity contribution >= 4 is 12.6 Å². The van der Waals surface area contributed by atoms with E-state index in [0.717, 1.165) is 29.6 Å². The van der Waals surface area contributed by atoms with Crippen molar-refractivity contribution in [2.24, 2.45) is 0 Å². The first-order chi connectivity index (χ1) is 9.15. The normalized spacial score (nSPS) is 25.8. The zero-order chi connectivity index (χ0) is 14.8. The third kappa shape index (κ3) is 2.08. The molecule has 0 spiro atoms. The average molecular weight is 275 g/mol. The molecular weight excluding hydrogens is 253 g/mol. The van der Waals surface area contributed by atoms with Gasteiger partial charge in [0, 0.05) is 17.5 Å². The first kappa shape index (κ1) is 14.0. The van der Waals surface area contributed by atoms with Crippen molar-refractivity contribution in [2.75, 3.05) is 0 Å². The summed E-state index contributed by atoms with van der Waals surface area (Å²) < 4.78 is 12.2. The zero-order valence-corrected chi connectivity index (χ0v) is 12.9. The van der Waals surface area contributed by atoms with E-state index in [1.165, 1.54) is 0 Å². The van der Waals surface area contributed by atoms with Crippen molar-refractivity contribution in [2.45, 2.75) is 64.3 Å². The van der Waals surface area contributed by atoms with E-state index in [2.05, 4.69) is 4.98 Å². The van der Waals surface area contributed by atoms with Gasteiger partial charge in [0.05, 0.1) is 16.8 Å². The largest absolute Gasteiger partial charge is 0.495 e. The molecule has 0 unspecified atom stereocenters. The van der Waals surface area contributed by atoms with Gasteiger partial charge in [0.1, 0.15) is 0 Å². The summed E-state index contributed by atoms with van der Waals surface area (Å²) in [5.74, 6) is 0. The predicted octanol–water partition coefficient (Wildman–Crippen LogP) is 1.67. The second kappa shape index (κ2) is 4.06. The van der Waals surface area contributed by atoms with Crippen LogP contribution in [0.25, 0.3) is 0 Å². The quantitative estimate of drug-likeness (QED) is 0.834. The molecule has 1 aromatic rings. The number of aromatic nitrogens is 1. The Balaban J connectivity index is 2.01. The van der Waals surface area contributed by atoms with E-state index >= 15 is 0 Å². The maximum Gasteiger partial charge on any atom is 0.495 e. The Labute approximate surface area is 120 Å². The fourth-order valence-corrected chi connectivity index (χ4v) is 2.52. The standard InChI is InChI=1S/C15H22BNO3/c1-10-8-12(11(9-17-10)15(18)6-7-15)16-19-13(2,3)14(4,5)20-16/h8-9,18H,6-7H2,1-5H3. The SMILES string of the molecule is Cc1cc(B2OC(C)(C)C(C)(C)O2)c(C2(O)CC2)cn1. The first-order valence-corrected chi connectivity index (χ1v) is 7.20. The van der Waals surface area contributed by atoms with E-state index in [4.69, 9.17) is 9.31 Å². The van der Waals surface area contributed by atoms with Crippen LogP contribution < -0.4 is 5.46 Å². The van der Waals surface area contributed by atoms with Crippen LogP contribution in [0.3, 0.4) is 0 Å². The van der Waals surface area contributed by atoms with Gasteiger partial charge in [-0.15, -0.1) is 0 Å². The van der Waals surface area contributed by atoms with Crippen molar-refractivity contribution < 1.29 is 14.4 Å². The minimum Gasteiger partial charge on any atom is -0.399 e. The molecule has 1 aliphatic heterocycles. The summed E-state index contributed by atoms with van der Waals surface area (Å²) in [6.07, 6.45) is 3.33. The van der Waals surface area contributed by atoms with Crippen molar-refractivity contribution in [3.63, 3.8) is 0 Å². The van der Waals surface area contributed by atoms with Gasteiger partial charge in [-0.1, -0.05) is 0 Å². The molecule has 4 nitrogen and oxygen atoms in total. The third-order valence-corrected chi connectivity index (χ3v) is 4.80. The molecule has 1 N–H and O–H groups in total.